The van der Waals surface area contributed by atoms with Crippen molar-refractivity contribution in [3.63, 3.8) is 0 Å². The molecular weight excluding hydrogens is 438 g/mol. The molecule has 0 saturated carbocycles. The number of primary amides is 1. The second kappa shape index (κ2) is 19.2. The molecule has 192 valence electrons. The number of carbonyl (C=O) groups is 2. The van der Waals surface area contributed by atoms with Gasteiger partial charge in [-0.25, -0.2) is 4.39 Å². The molecular formula is C24H41F4N3O2. The summed E-state index contributed by atoms with van der Waals surface area (Å²) in [6.45, 7) is 10.9. The molecule has 0 aromatic heterocycles. The van der Waals surface area contributed by atoms with Crippen LogP contribution in [0, 0.1) is 5.82 Å². The van der Waals surface area contributed by atoms with Crippen LogP contribution in [0.25, 0.3) is 0 Å². The number of rotatable bonds is 7. The number of unbranched alkanes of at least 4 members (excludes halogenated alkanes) is 4. The van der Waals surface area contributed by atoms with Crippen LogP contribution in [0.1, 0.15) is 85.1 Å². The first-order valence-electron chi connectivity index (χ1n) is 11.7. The Morgan fingerprint density at radius 2 is 1.70 bits per heavy atom. The molecule has 33 heavy (non-hydrogen) atoms. The highest BCUT2D eigenvalue weighted by Gasteiger charge is 2.31. The molecule has 5 nitrogen and oxygen atoms in total. The first-order chi connectivity index (χ1) is 15.6. The zero-order valence-electron chi connectivity index (χ0n) is 20.6. The fraction of sp³-hybridized carbons (Fsp3) is 0.667. The fourth-order valence-electron chi connectivity index (χ4n) is 3.12. The van der Waals surface area contributed by atoms with Crippen LogP contribution in [0.4, 0.5) is 23.2 Å². The van der Waals surface area contributed by atoms with E-state index in [-0.39, 0.29) is 30.6 Å². The highest BCUT2D eigenvalue weighted by molar-refractivity contribution is 5.81. The number of hydrogen-bond acceptors (Lipinski definition) is 3. The van der Waals surface area contributed by atoms with Gasteiger partial charge in [0.1, 0.15) is 5.82 Å². The van der Waals surface area contributed by atoms with Gasteiger partial charge < -0.3 is 16.0 Å². The number of nitrogens with zero attached hydrogens (tertiary/aromatic N) is 1. The lowest BCUT2D eigenvalue weighted by Crippen LogP contribution is -2.37. The number of alkyl halides is 3. The van der Waals surface area contributed by atoms with Gasteiger partial charge in [-0.2, -0.15) is 13.2 Å². The molecule has 1 fully saturated rings. The number of anilines is 1. The van der Waals surface area contributed by atoms with Crippen molar-refractivity contribution in [2.24, 2.45) is 5.73 Å². The van der Waals surface area contributed by atoms with Crippen molar-refractivity contribution in [3.8, 4) is 0 Å². The number of amides is 2. The average Bonchev–Trinajstić information content (AvgIpc) is 3.20. The van der Waals surface area contributed by atoms with E-state index in [1.807, 2.05) is 20.8 Å². The van der Waals surface area contributed by atoms with Crippen molar-refractivity contribution >= 4 is 18.0 Å². The van der Waals surface area contributed by atoms with Crippen molar-refractivity contribution < 1.29 is 27.2 Å². The molecule has 2 amide bonds. The second-order valence-corrected chi connectivity index (χ2v) is 7.36. The van der Waals surface area contributed by atoms with E-state index >= 15 is 0 Å². The summed E-state index contributed by atoms with van der Waals surface area (Å²) in [6.07, 6.45) is 4.48. The summed E-state index contributed by atoms with van der Waals surface area (Å²) in [5.41, 5.74) is 3.04. The molecule has 2 rings (SSSR count). The van der Waals surface area contributed by atoms with Gasteiger partial charge in [0.2, 0.25) is 12.3 Å². The highest BCUT2D eigenvalue weighted by Crippen LogP contribution is 2.31. The Morgan fingerprint density at radius 1 is 1.15 bits per heavy atom. The standard InChI is InChI=1S/C14H16F4N2O.C7H16.C2H6.CH3NO/c1-9-3-2-4-20(9)13(21)8-19-12-6-10(14(16,17)18)5-11(15)7-12;1-3-5-7-6-4-2;1-2;2-1-3/h5-7,9,19H,2-4,8H2,1H3;3-7H2,1-2H3;1-2H3;1H,(H2,2,3)/t9-;;;/m1.../s1. The summed E-state index contributed by atoms with van der Waals surface area (Å²) in [5.74, 6) is -1.19. The van der Waals surface area contributed by atoms with Crippen molar-refractivity contribution in [2.75, 3.05) is 18.4 Å². The van der Waals surface area contributed by atoms with E-state index in [0.29, 0.717) is 12.6 Å². The molecule has 1 aliphatic rings. The molecule has 0 spiro atoms. The Labute approximate surface area is 196 Å². The van der Waals surface area contributed by atoms with Crippen molar-refractivity contribution in [3.05, 3.63) is 29.6 Å². The lowest BCUT2D eigenvalue weighted by Gasteiger charge is -2.22. The largest absolute Gasteiger partial charge is 0.416 e. The van der Waals surface area contributed by atoms with E-state index in [1.54, 1.807) is 4.90 Å². The van der Waals surface area contributed by atoms with E-state index < -0.39 is 17.6 Å². The molecule has 1 saturated heterocycles. The van der Waals surface area contributed by atoms with E-state index in [0.717, 1.165) is 25.0 Å². The van der Waals surface area contributed by atoms with Crippen molar-refractivity contribution in [1.82, 2.24) is 4.90 Å². The fourth-order valence-corrected chi connectivity index (χ4v) is 3.12. The van der Waals surface area contributed by atoms with E-state index in [4.69, 9.17) is 4.79 Å². The van der Waals surface area contributed by atoms with Gasteiger partial charge in [0.15, 0.2) is 0 Å². The Morgan fingerprint density at radius 3 is 2.12 bits per heavy atom. The minimum atomic E-state index is -4.62. The quantitative estimate of drug-likeness (QED) is 0.271. The molecule has 0 unspecified atom stereocenters. The summed E-state index contributed by atoms with van der Waals surface area (Å²) in [5, 5.41) is 2.56. The summed E-state index contributed by atoms with van der Waals surface area (Å²) in [6, 6.07) is 2.30. The van der Waals surface area contributed by atoms with Crippen LogP contribution >= 0.6 is 0 Å². The van der Waals surface area contributed by atoms with E-state index in [9.17, 15) is 22.4 Å². The monoisotopic (exact) mass is 479 g/mol. The first kappa shape index (κ1) is 32.9. The maximum Gasteiger partial charge on any atom is 0.416 e. The number of halogens is 4. The number of carbonyl (C=O) groups excluding carboxylic acids is 2. The third kappa shape index (κ3) is 15.2. The molecule has 3 N–H and O–H groups in total. The zero-order chi connectivity index (χ0) is 25.9. The number of nitrogens with two attached hydrogens (primary N) is 1. The lowest BCUT2D eigenvalue weighted by atomic mass is 10.2. The number of likely N-dealkylation sites (tertiary alicyclic amines) is 1. The topological polar surface area (TPSA) is 75.4 Å². The average molecular weight is 480 g/mol. The van der Waals surface area contributed by atoms with Crippen LogP contribution in [0.3, 0.4) is 0 Å². The number of nitrogens with one attached hydrogen (secondary N) is 1. The normalized spacial score (nSPS) is 14.6. The van der Waals surface area contributed by atoms with Crippen LogP contribution < -0.4 is 11.1 Å². The van der Waals surface area contributed by atoms with Gasteiger partial charge in [-0.3, -0.25) is 9.59 Å². The lowest BCUT2D eigenvalue weighted by molar-refractivity contribution is -0.137. The van der Waals surface area contributed by atoms with Crippen LogP contribution in [-0.4, -0.2) is 36.3 Å². The summed E-state index contributed by atoms with van der Waals surface area (Å²) >= 11 is 0. The predicted molar refractivity (Wildman–Crippen MR) is 126 cm³/mol. The van der Waals surface area contributed by atoms with Gasteiger partial charge in [-0.15, -0.1) is 0 Å². The molecule has 9 heteroatoms. The minimum Gasteiger partial charge on any atom is -0.376 e. The van der Waals surface area contributed by atoms with Gasteiger partial charge >= 0.3 is 6.18 Å². The van der Waals surface area contributed by atoms with Gasteiger partial charge in [0, 0.05) is 18.3 Å². The van der Waals surface area contributed by atoms with Crippen molar-refractivity contribution in [1.29, 1.82) is 0 Å². The molecule has 1 aromatic carbocycles. The van der Waals surface area contributed by atoms with Crippen molar-refractivity contribution in [2.45, 2.75) is 91.8 Å². The highest BCUT2D eigenvalue weighted by atomic mass is 19.4. The molecule has 1 atom stereocenters. The maximum atomic E-state index is 13.2. The second-order valence-electron chi connectivity index (χ2n) is 7.36. The number of hydrogen-bond donors (Lipinski definition) is 2. The molecule has 1 aliphatic heterocycles. The van der Waals surface area contributed by atoms with Gasteiger partial charge in [0.25, 0.3) is 0 Å². The van der Waals surface area contributed by atoms with E-state index in [2.05, 4.69) is 24.9 Å². The third-order valence-corrected chi connectivity index (χ3v) is 4.75. The Balaban J connectivity index is 0. The van der Waals surface area contributed by atoms with E-state index in [1.165, 1.54) is 32.1 Å². The van der Waals surface area contributed by atoms with Crippen LogP contribution in [0.2, 0.25) is 0 Å². The van der Waals surface area contributed by atoms with Gasteiger partial charge in [-0.05, 0) is 38.0 Å². The Bertz CT molecular complexity index is 651. The molecule has 1 aromatic rings. The predicted octanol–water partition coefficient (Wildman–Crippen LogP) is 6.37. The summed E-state index contributed by atoms with van der Waals surface area (Å²) in [7, 11) is 0. The zero-order valence-corrected chi connectivity index (χ0v) is 20.6. The minimum absolute atomic E-state index is 0.0532. The summed E-state index contributed by atoms with van der Waals surface area (Å²) < 4.78 is 50.9. The molecule has 0 aliphatic carbocycles. The van der Waals surface area contributed by atoms with Crippen LogP contribution in [-0.2, 0) is 15.8 Å². The smallest absolute Gasteiger partial charge is 0.376 e. The molecule has 1 heterocycles. The van der Waals surface area contributed by atoms with Gasteiger partial charge in [0.05, 0.1) is 12.1 Å². The number of benzene rings is 1. The Kier molecular flexibility index (Phi) is 19.1. The van der Waals surface area contributed by atoms with Gasteiger partial charge in [-0.1, -0.05) is 59.8 Å². The maximum absolute atomic E-state index is 13.2. The van der Waals surface area contributed by atoms with Crippen LogP contribution in [0.5, 0.6) is 0 Å². The van der Waals surface area contributed by atoms with Crippen LogP contribution in [0.15, 0.2) is 18.2 Å². The SMILES string of the molecule is CC.CCCCCCC.C[C@@H]1CCCN1C(=O)CNc1cc(F)cc(C(F)(F)F)c1.NC=O. The summed E-state index contributed by atoms with van der Waals surface area (Å²) in [4.78, 5) is 22.2. The third-order valence-electron chi connectivity index (χ3n) is 4.75. The Hall–Kier alpha value is -2.32. The molecule has 0 radical (unpaired) electrons. The molecule has 0 bridgehead atoms. The first-order valence-corrected chi connectivity index (χ1v) is 11.7.